The van der Waals surface area contributed by atoms with Gasteiger partial charge < -0.3 is 10.2 Å². The molecule has 1 atom stereocenters. The van der Waals surface area contributed by atoms with Gasteiger partial charge in [0.25, 0.3) is 5.91 Å². The molecule has 2 aromatic rings. The lowest BCUT2D eigenvalue weighted by Gasteiger charge is -2.32. The molecule has 1 unspecified atom stereocenters. The van der Waals surface area contributed by atoms with Crippen LogP contribution in [0.3, 0.4) is 0 Å². The topological polar surface area (TPSA) is 32.3 Å². The number of amides is 1. The van der Waals surface area contributed by atoms with Crippen molar-refractivity contribution >= 4 is 16.7 Å². The Bertz CT molecular complexity index is 608. The lowest BCUT2D eigenvalue weighted by molar-refractivity contribution is 0.0709. The van der Waals surface area contributed by atoms with Crippen LogP contribution in [0.1, 0.15) is 17.3 Å². The number of piperazine rings is 1. The lowest BCUT2D eigenvalue weighted by atomic mass is 10.1. The Kier molecular flexibility index (Phi) is 3.22. The quantitative estimate of drug-likeness (QED) is 0.846. The van der Waals surface area contributed by atoms with Crippen molar-refractivity contribution in [2.75, 3.05) is 19.6 Å². The van der Waals surface area contributed by atoms with E-state index in [2.05, 4.69) is 18.3 Å². The van der Waals surface area contributed by atoms with Gasteiger partial charge in [-0.2, -0.15) is 0 Å². The molecule has 0 bridgehead atoms. The largest absolute Gasteiger partial charge is 0.336 e. The molecule has 1 saturated heterocycles. The molecule has 1 heterocycles. The maximum absolute atomic E-state index is 12.5. The fourth-order valence-electron chi connectivity index (χ4n) is 2.62. The number of rotatable bonds is 1. The normalized spacial score (nSPS) is 19.6. The third kappa shape index (κ3) is 2.47. The number of carbonyl (C=O) groups is 1. The molecule has 98 valence electrons. The number of nitrogens with zero attached hydrogens (tertiary/aromatic N) is 1. The van der Waals surface area contributed by atoms with Crippen LogP contribution in [0.25, 0.3) is 10.8 Å². The molecule has 1 amide bonds. The van der Waals surface area contributed by atoms with E-state index < -0.39 is 0 Å². The highest BCUT2D eigenvalue weighted by atomic mass is 16.2. The minimum Gasteiger partial charge on any atom is -0.336 e. The molecular formula is C16H18N2O. The van der Waals surface area contributed by atoms with Crippen molar-refractivity contribution in [3.63, 3.8) is 0 Å². The third-order valence-corrected chi connectivity index (χ3v) is 3.65. The summed E-state index contributed by atoms with van der Waals surface area (Å²) in [5.74, 6) is 0.138. The van der Waals surface area contributed by atoms with Crippen molar-refractivity contribution in [2.45, 2.75) is 13.0 Å². The number of benzene rings is 2. The van der Waals surface area contributed by atoms with Crippen LogP contribution >= 0.6 is 0 Å². The average molecular weight is 254 g/mol. The first-order valence-electron chi connectivity index (χ1n) is 6.75. The van der Waals surface area contributed by atoms with Gasteiger partial charge in [0.1, 0.15) is 0 Å². The molecule has 0 saturated carbocycles. The minimum absolute atomic E-state index is 0.138. The molecule has 0 radical (unpaired) electrons. The molecule has 19 heavy (non-hydrogen) atoms. The predicted molar refractivity (Wildman–Crippen MR) is 77.3 cm³/mol. The second-order valence-corrected chi connectivity index (χ2v) is 5.17. The molecule has 2 aromatic carbocycles. The fraction of sp³-hybridized carbons (Fsp3) is 0.312. The van der Waals surface area contributed by atoms with Crippen LogP contribution in [0, 0.1) is 0 Å². The zero-order chi connectivity index (χ0) is 13.2. The summed E-state index contributed by atoms with van der Waals surface area (Å²) < 4.78 is 0. The van der Waals surface area contributed by atoms with Crippen molar-refractivity contribution < 1.29 is 4.79 Å². The van der Waals surface area contributed by atoms with Crippen LogP contribution in [0.15, 0.2) is 42.5 Å². The second kappa shape index (κ2) is 5.02. The molecule has 0 spiro atoms. The maximum Gasteiger partial charge on any atom is 0.253 e. The zero-order valence-corrected chi connectivity index (χ0v) is 11.1. The maximum atomic E-state index is 12.5. The molecule has 1 N–H and O–H groups in total. The molecule has 3 rings (SSSR count). The van der Waals surface area contributed by atoms with Gasteiger partial charge in [0, 0.05) is 31.2 Å². The first-order chi connectivity index (χ1) is 9.24. The van der Waals surface area contributed by atoms with Gasteiger partial charge in [0.2, 0.25) is 0 Å². The number of fused-ring (bicyclic) bond motifs is 1. The van der Waals surface area contributed by atoms with Crippen molar-refractivity contribution in [3.8, 4) is 0 Å². The Labute approximate surface area is 113 Å². The first kappa shape index (κ1) is 12.2. The third-order valence-electron chi connectivity index (χ3n) is 3.65. The van der Waals surface area contributed by atoms with Gasteiger partial charge in [-0.3, -0.25) is 4.79 Å². The summed E-state index contributed by atoms with van der Waals surface area (Å²) in [5.41, 5.74) is 0.785. The first-order valence-corrected chi connectivity index (χ1v) is 6.75. The van der Waals surface area contributed by atoms with E-state index in [0.29, 0.717) is 6.04 Å². The van der Waals surface area contributed by atoms with Crippen LogP contribution < -0.4 is 5.32 Å². The summed E-state index contributed by atoms with van der Waals surface area (Å²) in [6.07, 6.45) is 0. The molecular weight excluding hydrogens is 236 g/mol. The van der Waals surface area contributed by atoms with Crippen molar-refractivity contribution in [2.24, 2.45) is 0 Å². The van der Waals surface area contributed by atoms with Crippen LogP contribution in [0.2, 0.25) is 0 Å². The molecule has 3 nitrogen and oxygen atoms in total. The molecule has 0 aliphatic carbocycles. The van der Waals surface area contributed by atoms with Gasteiger partial charge in [0.05, 0.1) is 0 Å². The van der Waals surface area contributed by atoms with Gasteiger partial charge in [0.15, 0.2) is 0 Å². The summed E-state index contributed by atoms with van der Waals surface area (Å²) in [6.45, 7) is 4.56. The Morgan fingerprint density at radius 2 is 2.00 bits per heavy atom. The Hall–Kier alpha value is -1.87. The van der Waals surface area contributed by atoms with Crippen molar-refractivity contribution in [1.29, 1.82) is 0 Å². The van der Waals surface area contributed by atoms with Crippen LogP contribution in [0.5, 0.6) is 0 Å². The van der Waals surface area contributed by atoms with Gasteiger partial charge in [-0.05, 0) is 29.8 Å². The molecule has 1 fully saturated rings. The highest BCUT2D eigenvalue weighted by molar-refractivity contribution is 5.98. The molecule has 1 aliphatic rings. The van der Waals surface area contributed by atoms with Gasteiger partial charge >= 0.3 is 0 Å². The molecule has 1 aliphatic heterocycles. The number of carbonyl (C=O) groups excluding carboxylic acids is 1. The summed E-state index contributed by atoms with van der Waals surface area (Å²) >= 11 is 0. The highest BCUT2D eigenvalue weighted by Gasteiger charge is 2.21. The van der Waals surface area contributed by atoms with E-state index in [-0.39, 0.29) is 5.91 Å². The zero-order valence-electron chi connectivity index (χ0n) is 11.1. The highest BCUT2D eigenvalue weighted by Crippen LogP contribution is 2.17. The van der Waals surface area contributed by atoms with Crippen molar-refractivity contribution in [1.82, 2.24) is 10.2 Å². The van der Waals surface area contributed by atoms with E-state index in [4.69, 9.17) is 0 Å². The second-order valence-electron chi connectivity index (χ2n) is 5.17. The SMILES string of the molecule is CC1CN(C(=O)c2ccc3ccccc3c2)CCN1. The standard InChI is InChI=1S/C16H18N2O/c1-12-11-18(9-8-17-12)16(19)15-7-6-13-4-2-3-5-14(13)10-15/h2-7,10,12,17H,8-9,11H2,1H3. The van der Waals surface area contributed by atoms with Crippen LogP contribution in [-0.4, -0.2) is 36.5 Å². The Balaban J connectivity index is 1.88. The van der Waals surface area contributed by atoms with E-state index in [9.17, 15) is 4.79 Å². The predicted octanol–water partition coefficient (Wildman–Crippen LogP) is 2.27. The van der Waals surface area contributed by atoms with Gasteiger partial charge in [-0.1, -0.05) is 30.3 Å². The minimum atomic E-state index is 0.138. The van der Waals surface area contributed by atoms with Crippen LogP contribution in [0.4, 0.5) is 0 Å². The van der Waals surface area contributed by atoms with Gasteiger partial charge in [-0.15, -0.1) is 0 Å². The molecule has 3 heteroatoms. The van der Waals surface area contributed by atoms with E-state index in [1.807, 2.05) is 41.3 Å². The Morgan fingerprint density at radius 3 is 2.79 bits per heavy atom. The van der Waals surface area contributed by atoms with E-state index in [1.165, 1.54) is 5.39 Å². The number of hydrogen-bond donors (Lipinski definition) is 1. The van der Waals surface area contributed by atoms with Crippen LogP contribution in [-0.2, 0) is 0 Å². The summed E-state index contributed by atoms with van der Waals surface area (Å²) in [4.78, 5) is 14.4. The summed E-state index contributed by atoms with van der Waals surface area (Å²) in [6, 6.07) is 14.4. The molecule has 0 aromatic heterocycles. The van der Waals surface area contributed by atoms with E-state index in [1.54, 1.807) is 0 Å². The van der Waals surface area contributed by atoms with Gasteiger partial charge in [-0.25, -0.2) is 0 Å². The summed E-state index contributed by atoms with van der Waals surface area (Å²) in [7, 11) is 0. The van der Waals surface area contributed by atoms with E-state index in [0.717, 1.165) is 30.6 Å². The average Bonchev–Trinajstić information content (AvgIpc) is 2.46. The Morgan fingerprint density at radius 1 is 1.21 bits per heavy atom. The summed E-state index contributed by atoms with van der Waals surface area (Å²) in [5, 5.41) is 5.65. The smallest absolute Gasteiger partial charge is 0.253 e. The van der Waals surface area contributed by atoms with E-state index >= 15 is 0 Å². The monoisotopic (exact) mass is 254 g/mol. The fourth-order valence-corrected chi connectivity index (χ4v) is 2.62. The lowest BCUT2D eigenvalue weighted by Crippen LogP contribution is -2.51. The van der Waals surface area contributed by atoms with Crippen molar-refractivity contribution in [3.05, 3.63) is 48.0 Å². The number of nitrogens with one attached hydrogen (secondary N) is 1. The number of hydrogen-bond acceptors (Lipinski definition) is 2.